The SMILES string of the molecule is CO[C@@H]1COCC[C@H]1NC(=O)CCSc1cc(C)c2cc(C)ccc2n1. The normalized spacial score (nSPS) is 20.3. The maximum absolute atomic E-state index is 12.2. The summed E-state index contributed by atoms with van der Waals surface area (Å²) < 4.78 is 10.8. The van der Waals surface area contributed by atoms with Crippen LogP contribution in [0.2, 0.25) is 0 Å². The van der Waals surface area contributed by atoms with Crippen molar-refractivity contribution in [2.45, 2.75) is 43.9 Å². The number of fused-ring (bicyclic) bond motifs is 1. The first-order valence-electron chi connectivity index (χ1n) is 8.97. The lowest BCUT2D eigenvalue weighted by molar-refractivity contribution is -0.124. The predicted octanol–water partition coefficient (Wildman–Crippen LogP) is 3.25. The standard InChI is InChI=1S/C20H26N2O3S/c1-13-4-5-16-15(10-13)14(2)11-20(22-16)26-9-7-19(23)21-17-6-8-25-12-18(17)24-3/h4-5,10-11,17-18H,6-9,12H2,1-3H3,(H,21,23)/t17-,18-/m1/s1. The van der Waals surface area contributed by atoms with Crippen LogP contribution in [-0.2, 0) is 14.3 Å². The van der Waals surface area contributed by atoms with E-state index < -0.39 is 0 Å². The van der Waals surface area contributed by atoms with Gasteiger partial charge in [-0.3, -0.25) is 4.79 Å². The van der Waals surface area contributed by atoms with Gasteiger partial charge in [-0.25, -0.2) is 4.98 Å². The van der Waals surface area contributed by atoms with E-state index in [9.17, 15) is 4.79 Å². The smallest absolute Gasteiger partial charge is 0.221 e. The van der Waals surface area contributed by atoms with Crippen molar-refractivity contribution < 1.29 is 14.3 Å². The fourth-order valence-corrected chi connectivity index (χ4v) is 4.11. The molecule has 1 aromatic carbocycles. The average Bonchev–Trinajstić information content (AvgIpc) is 2.63. The Bertz CT molecular complexity index is 781. The quantitative estimate of drug-likeness (QED) is 0.787. The average molecular weight is 375 g/mol. The van der Waals surface area contributed by atoms with Crippen LogP contribution in [0.4, 0.5) is 0 Å². The zero-order chi connectivity index (χ0) is 18.5. The number of hydrogen-bond acceptors (Lipinski definition) is 5. The number of carbonyl (C=O) groups excluding carboxylic acids is 1. The highest BCUT2D eigenvalue weighted by atomic mass is 32.2. The summed E-state index contributed by atoms with van der Waals surface area (Å²) in [7, 11) is 1.66. The lowest BCUT2D eigenvalue weighted by atomic mass is 10.1. The second-order valence-electron chi connectivity index (χ2n) is 6.71. The molecular weight excluding hydrogens is 348 g/mol. The van der Waals surface area contributed by atoms with E-state index in [1.54, 1.807) is 18.9 Å². The van der Waals surface area contributed by atoms with Crippen LogP contribution in [0.25, 0.3) is 10.9 Å². The highest BCUT2D eigenvalue weighted by Gasteiger charge is 2.26. The molecule has 1 aliphatic rings. The number of nitrogens with zero attached hydrogens (tertiary/aromatic N) is 1. The number of amides is 1. The van der Waals surface area contributed by atoms with Gasteiger partial charge in [0.2, 0.25) is 5.91 Å². The Morgan fingerprint density at radius 3 is 3.04 bits per heavy atom. The van der Waals surface area contributed by atoms with E-state index in [-0.39, 0.29) is 18.1 Å². The highest BCUT2D eigenvalue weighted by molar-refractivity contribution is 7.99. The number of benzene rings is 1. The van der Waals surface area contributed by atoms with Gasteiger partial charge in [0.1, 0.15) is 6.10 Å². The van der Waals surface area contributed by atoms with E-state index in [1.807, 2.05) is 0 Å². The van der Waals surface area contributed by atoms with E-state index in [0.29, 0.717) is 25.4 Å². The lowest BCUT2D eigenvalue weighted by Gasteiger charge is -2.31. The van der Waals surface area contributed by atoms with Crippen LogP contribution in [0, 0.1) is 13.8 Å². The van der Waals surface area contributed by atoms with Crippen LogP contribution < -0.4 is 5.32 Å². The van der Waals surface area contributed by atoms with Crippen LogP contribution >= 0.6 is 11.8 Å². The van der Waals surface area contributed by atoms with E-state index in [2.05, 4.69) is 43.4 Å². The molecule has 1 amide bonds. The maximum Gasteiger partial charge on any atom is 0.221 e. The molecular formula is C20H26N2O3S. The van der Waals surface area contributed by atoms with Crippen molar-refractivity contribution in [1.29, 1.82) is 0 Å². The summed E-state index contributed by atoms with van der Waals surface area (Å²) in [5.74, 6) is 0.760. The van der Waals surface area contributed by atoms with Gasteiger partial charge in [-0.2, -0.15) is 0 Å². The van der Waals surface area contributed by atoms with Crippen LogP contribution in [0.15, 0.2) is 29.3 Å². The van der Waals surface area contributed by atoms with E-state index in [0.717, 1.165) is 17.0 Å². The molecule has 0 bridgehead atoms. The fourth-order valence-electron chi connectivity index (χ4n) is 3.19. The van der Waals surface area contributed by atoms with E-state index >= 15 is 0 Å². The van der Waals surface area contributed by atoms with Crippen LogP contribution in [0.1, 0.15) is 24.0 Å². The summed E-state index contributed by atoms with van der Waals surface area (Å²) in [6.45, 7) is 5.40. The van der Waals surface area contributed by atoms with Gasteiger partial charge in [-0.05, 0) is 44.0 Å². The number of methoxy groups -OCH3 is 1. The number of ether oxygens (including phenoxy) is 2. The van der Waals surface area contributed by atoms with Gasteiger partial charge in [0.15, 0.2) is 0 Å². The topological polar surface area (TPSA) is 60.5 Å². The third-order valence-electron chi connectivity index (χ3n) is 4.68. The van der Waals surface area contributed by atoms with E-state index in [4.69, 9.17) is 14.5 Å². The number of rotatable bonds is 6. The molecule has 1 saturated heterocycles. The zero-order valence-electron chi connectivity index (χ0n) is 15.6. The summed E-state index contributed by atoms with van der Waals surface area (Å²) in [5, 5.41) is 5.23. The Balaban J connectivity index is 1.53. The molecule has 0 aliphatic carbocycles. The van der Waals surface area contributed by atoms with Crippen molar-refractivity contribution in [3.8, 4) is 0 Å². The second kappa shape index (κ2) is 8.84. The molecule has 2 aromatic rings. The van der Waals surface area contributed by atoms with Crippen molar-refractivity contribution in [2.24, 2.45) is 0 Å². The lowest BCUT2D eigenvalue weighted by Crippen LogP contribution is -2.49. The number of hydrogen-bond donors (Lipinski definition) is 1. The molecule has 26 heavy (non-hydrogen) atoms. The van der Waals surface area contributed by atoms with Gasteiger partial charge in [0, 0.05) is 31.3 Å². The molecule has 0 radical (unpaired) electrons. The Hall–Kier alpha value is -1.63. The molecule has 6 heteroatoms. The molecule has 1 N–H and O–H groups in total. The zero-order valence-corrected chi connectivity index (χ0v) is 16.4. The summed E-state index contributed by atoms with van der Waals surface area (Å²) in [4.78, 5) is 16.9. The number of nitrogens with one attached hydrogen (secondary N) is 1. The minimum absolute atomic E-state index is 0.0375. The van der Waals surface area contributed by atoms with Crippen LogP contribution in [0.5, 0.6) is 0 Å². The third-order valence-corrected chi connectivity index (χ3v) is 5.59. The summed E-state index contributed by atoms with van der Waals surface area (Å²) in [6.07, 6.45) is 1.20. The first kappa shape index (κ1) is 19.1. The number of pyridine rings is 1. The molecule has 1 aliphatic heterocycles. The van der Waals surface area contributed by atoms with Gasteiger partial charge < -0.3 is 14.8 Å². The van der Waals surface area contributed by atoms with Gasteiger partial charge in [0.05, 0.1) is 23.2 Å². The van der Waals surface area contributed by atoms with Crippen molar-refractivity contribution in [1.82, 2.24) is 10.3 Å². The molecule has 2 atom stereocenters. The minimum Gasteiger partial charge on any atom is -0.379 e. The molecule has 1 fully saturated rings. The van der Waals surface area contributed by atoms with Crippen molar-refractivity contribution in [3.63, 3.8) is 0 Å². The highest BCUT2D eigenvalue weighted by Crippen LogP contribution is 2.25. The predicted molar refractivity (Wildman–Crippen MR) is 105 cm³/mol. The molecule has 1 aromatic heterocycles. The first-order valence-corrected chi connectivity index (χ1v) is 9.96. The Kier molecular flexibility index (Phi) is 6.51. The molecule has 2 heterocycles. The maximum atomic E-state index is 12.2. The molecule has 140 valence electrons. The van der Waals surface area contributed by atoms with Crippen LogP contribution in [-0.4, -0.2) is 49.1 Å². The second-order valence-corrected chi connectivity index (χ2v) is 7.82. The Morgan fingerprint density at radius 1 is 1.38 bits per heavy atom. The van der Waals surface area contributed by atoms with Crippen LogP contribution in [0.3, 0.4) is 0 Å². The Labute approximate surface area is 158 Å². The summed E-state index contributed by atoms with van der Waals surface area (Å²) in [5.41, 5.74) is 3.46. The van der Waals surface area contributed by atoms with Crippen molar-refractivity contribution in [3.05, 3.63) is 35.4 Å². The number of thioether (sulfide) groups is 1. The number of aryl methyl sites for hydroxylation is 2. The fraction of sp³-hybridized carbons (Fsp3) is 0.500. The molecule has 3 rings (SSSR count). The first-order chi connectivity index (χ1) is 12.6. The summed E-state index contributed by atoms with van der Waals surface area (Å²) >= 11 is 1.62. The molecule has 5 nitrogen and oxygen atoms in total. The monoisotopic (exact) mass is 374 g/mol. The molecule has 0 spiro atoms. The minimum atomic E-state index is -0.0615. The van der Waals surface area contributed by atoms with Gasteiger partial charge in [0.25, 0.3) is 0 Å². The Morgan fingerprint density at radius 2 is 2.23 bits per heavy atom. The number of aromatic nitrogens is 1. The number of carbonyl (C=O) groups is 1. The van der Waals surface area contributed by atoms with Crippen molar-refractivity contribution in [2.75, 3.05) is 26.1 Å². The van der Waals surface area contributed by atoms with Gasteiger partial charge >= 0.3 is 0 Å². The van der Waals surface area contributed by atoms with E-state index in [1.165, 1.54) is 16.5 Å². The largest absolute Gasteiger partial charge is 0.379 e. The van der Waals surface area contributed by atoms with Gasteiger partial charge in [-0.1, -0.05) is 11.6 Å². The van der Waals surface area contributed by atoms with Gasteiger partial charge in [-0.15, -0.1) is 11.8 Å². The molecule has 0 saturated carbocycles. The van der Waals surface area contributed by atoms with Crippen molar-refractivity contribution >= 4 is 28.6 Å². The third kappa shape index (κ3) is 4.75. The molecule has 0 unspecified atom stereocenters. The summed E-state index contributed by atoms with van der Waals surface area (Å²) in [6, 6.07) is 8.44.